The van der Waals surface area contributed by atoms with Crippen molar-refractivity contribution >= 4 is 46.7 Å². The van der Waals surface area contributed by atoms with Crippen LogP contribution in [0.2, 0.25) is 10.0 Å². The van der Waals surface area contributed by atoms with Gasteiger partial charge in [0.1, 0.15) is 5.82 Å². The van der Waals surface area contributed by atoms with Crippen LogP contribution in [0.3, 0.4) is 0 Å². The second-order valence-electron chi connectivity index (χ2n) is 3.66. The first-order valence-electron chi connectivity index (χ1n) is 5.20. The van der Waals surface area contributed by atoms with Crippen molar-refractivity contribution < 1.29 is 9.59 Å². The number of carbonyl (C=O) groups is 2. The third-order valence-electron chi connectivity index (χ3n) is 2.14. The molecule has 0 saturated carbocycles. The van der Waals surface area contributed by atoms with Crippen LogP contribution in [0.1, 0.15) is 0 Å². The standard InChI is InChI=1S/C10H13Cl2N5O2/c1-15-9-5(11)2-6(12)10(16-9)17(3-7(13)18)4-8(14)19/h2H,3-4H2,1H3,(H2,13,18)(H2,14,19)(H,15,16). The number of anilines is 2. The van der Waals surface area contributed by atoms with Crippen molar-refractivity contribution in [1.82, 2.24) is 4.98 Å². The van der Waals surface area contributed by atoms with E-state index in [4.69, 9.17) is 34.7 Å². The van der Waals surface area contributed by atoms with Gasteiger partial charge in [0.05, 0.1) is 23.1 Å². The van der Waals surface area contributed by atoms with Gasteiger partial charge in [-0.1, -0.05) is 23.2 Å². The first kappa shape index (κ1) is 15.3. The summed E-state index contributed by atoms with van der Waals surface area (Å²) in [6.45, 7) is -0.471. The summed E-state index contributed by atoms with van der Waals surface area (Å²) in [4.78, 5) is 27.4. The predicted molar refractivity (Wildman–Crippen MR) is 74.4 cm³/mol. The van der Waals surface area contributed by atoms with Crippen LogP contribution < -0.4 is 21.7 Å². The van der Waals surface area contributed by atoms with Crippen LogP contribution in [0.25, 0.3) is 0 Å². The molecule has 9 heteroatoms. The van der Waals surface area contributed by atoms with E-state index in [2.05, 4.69) is 10.3 Å². The van der Waals surface area contributed by atoms with E-state index < -0.39 is 11.8 Å². The van der Waals surface area contributed by atoms with E-state index in [-0.39, 0.29) is 23.9 Å². The highest BCUT2D eigenvalue weighted by Crippen LogP contribution is 2.31. The van der Waals surface area contributed by atoms with E-state index in [9.17, 15) is 9.59 Å². The summed E-state index contributed by atoms with van der Waals surface area (Å²) in [7, 11) is 1.62. The van der Waals surface area contributed by atoms with Gasteiger partial charge in [-0.2, -0.15) is 0 Å². The Bertz CT molecular complexity index is 493. The molecule has 1 rings (SSSR count). The molecule has 2 amide bonds. The molecular weight excluding hydrogens is 293 g/mol. The summed E-state index contributed by atoms with van der Waals surface area (Å²) in [5.74, 6) is -0.715. The average molecular weight is 306 g/mol. The van der Waals surface area contributed by atoms with Crippen LogP contribution in [-0.4, -0.2) is 36.9 Å². The molecule has 19 heavy (non-hydrogen) atoms. The van der Waals surface area contributed by atoms with Gasteiger partial charge >= 0.3 is 0 Å². The highest BCUT2D eigenvalue weighted by molar-refractivity contribution is 6.37. The number of aromatic nitrogens is 1. The maximum absolute atomic E-state index is 11.0. The number of hydrogen-bond donors (Lipinski definition) is 3. The first-order valence-corrected chi connectivity index (χ1v) is 5.96. The van der Waals surface area contributed by atoms with Gasteiger partial charge in [0, 0.05) is 7.05 Å². The van der Waals surface area contributed by atoms with Gasteiger partial charge in [0.2, 0.25) is 11.8 Å². The Morgan fingerprint density at radius 3 is 2.21 bits per heavy atom. The molecule has 0 aliphatic heterocycles. The van der Waals surface area contributed by atoms with Crippen molar-refractivity contribution in [2.75, 3.05) is 30.4 Å². The Labute approximate surface area is 119 Å². The van der Waals surface area contributed by atoms with Crippen LogP contribution >= 0.6 is 23.2 Å². The molecule has 0 fully saturated rings. The van der Waals surface area contributed by atoms with Crippen molar-refractivity contribution in [2.24, 2.45) is 11.5 Å². The van der Waals surface area contributed by atoms with Crippen LogP contribution in [-0.2, 0) is 9.59 Å². The Morgan fingerprint density at radius 2 is 1.79 bits per heavy atom. The molecular formula is C10H13Cl2N5O2. The van der Waals surface area contributed by atoms with Crippen LogP contribution in [0.4, 0.5) is 11.6 Å². The summed E-state index contributed by atoms with van der Waals surface area (Å²) in [5.41, 5.74) is 10.2. The van der Waals surface area contributed by atoms with Crippen molar-refractivity contribution in [1.29, 1.82) is 0 Å². The van der Waals surface area contributed by atoms with Crippen molar-refractivity contribution in [3.05, 3.63) is 16.1 Å². The lowest BCUT2D eigenvalue weighted by atomic mass is 10.3. The smallest absolute Gasteiger partial charge is 0.237 e. The lowest BCUT2D eigenvalue weighted by molar-refractivity contribution is -0.117. The fourth-order valence-electron chi connectivity index (χ4n) is 1.44. The Kier molecular flexibility index (Phi) is 5.20. The molecule has 0 aliphatic rings. The molecule has 0 saturated heterocycles. The highest BCUT2D eigenvalue weighted by Gasteiger charge is 2.18. The minimum absolute atomic E-state index is 0.187. The second-order valence-corrected chi connectivity index (χ2v) is 4.48. The summed E-state index contributed by atoms with van der Waals surface area (Å²) >= 11 is 11.9. The van der Waals surface area contributed by atoms with E-state index in [0.717, 1.165) is 0 Å². The highest BCUT2D eigenvalue weighted by atomic mass is 35.5. The molecule has 0 radical (unpaired) electrons. The van der Waals surface area contributed by atoms with Crippen molar-refractivity contribution in [3.8, 4) is 0 Å². The Morgan fingerprint density at radius 1 is 1.26 bits per heavy atom. The molecule has 0 aliphatic carbocycles. The quantitative estimate of drug-likeness (QED) is 0.695. The Hall–Kier alpha value is -1.73. The number of nitrogens with one attached hydrogen (secondary N) is 1. The van der Waals surface area contributed by atoms with Gasteiger partial charge in [-0.05, 0) is 6.07 Å². The monoisotopic (exact) mass is 305 g/mol. The van der Waals surface area contributed by atoms with E-state index in [1.165, 1.54) is 11.0 Å². The molecule has 0 unspecified atom stereocenters. The maximum atomic E-state index is 11.0. The molecule has 0 spiro atoms. The molecule has 0 aromatic carbocycles. The van der Waals surface area contributed by atoms with Crippen LogP contribution in [0.15, 0.2) is 6.07 Å². The number of nitrogens with two attached hydrogens (primary N) is 2. The number of amides is 2. The van der Waals surface area contributed by atoms with Gasteiger partial charge in [-0.3, -0.25) is 9.59 Å². The number of rotatable bonds is 6. The van der Waals surface area contributed by atoms with Crippen molar-refractivity contribution in [3.63, 3.8) is 0 Å². The summed E-state index contributed by atoms with van der Waals surface area (Å²) in [5, 5.41) is 3.26. The molecule has 0 bridgehead atoms. The fraction of sp³-hybridized carbons (Fsp3) is 0.300. The number of pyridine rings is 1. The summed E-state index contributed by atoms with van der Waals surface area (Å²) < 4.78 is 0. The average Bonchev–Trinajstić information content (AvgIpc) is 2.27. The first-order chi connectivity index (χ1) is 8.85. The normalized spacial score (nSPS) is 10.1. The minimum atomic E-state index is -0.639. The summed E-state index contributed by atoms with van der Waals surface area (Å²) in [6, 6.07) is 1.45. The van der Waals surface area contributed by atoms with Crippen LogP contribution in [0, 0.1) is 0 Å². The molecule has 104 valence electrons. The minimum Gasteiger partial charge on any atom is -0.372 e. The molecule has 1 aromatic heterocycles. The number of halogens is 2. The lowest BCUT2D eigenvalue weighted by Crippen LogP contribution is -2.40. The third kappa shape index (κ3) is 4.15. The molecule has 5 N–H and O–H groups in total. The third-order valence-corrected chi connectivity index (χ3v) is 2.71. The second kappa shape index (κ2) is 6.44. The van der Waals surface area contributed by atoms with E-state index in [1.54, 1.807) is 7.05 Å². The van der Waals surface area contributed by atoms with Crippen LogP contribution in [0.5, 0.6) is 0 Å². The predicted octanol–water partition coefficient (Wildman–Crippen LogP) is 0.207. The van der Waals surface area contributed by atoms with Crippen molar-refractivity contribution in [2.45, 2.75) is 0 Å². The van der Waals surface area contributed by atoms with Gasteiger partial charge in [0.15, 0.2) is 5.82 Å². The molecule has 0 atom stereocenters. The maximum Gasteiger partial charge on any atom is 0.237 e. The molecule has 1 aromatic rings. The molecule has 1 heterocycles. The van der Waals surface area contributed by atoms with E-state index >= 15 is 0 Å². The van der Waals surface area contributed by atoms with Gasteiger partial charge in [0.25, 0.3) is 0 Å². The lowest BCUT2D eigenvalue weighted by Gasteiger charge is -2.22. The SMILES string of the molecule is CNc1nc(N(CC(N)=O)CC(N)=O)c(Cl)cc1Cl. The number of hydrogen-bond acceptors (Lipinski definition) is 5. The largest absolute Gasteiger partial charge is 0.372 e. The van der Waals surface area contributed by atoms with Gasteiger partial charge in [-0.25, -0.2) is 4.98 Å². The number of primary amides is 2. The van der Waals surface area contributed by atoms with E-state index in [0.29, 0.717) is 10.8 Å². The van der Waals surface area contributed by atoms with E-state index in [1.807, 2.05) is 0 Å². The topological polar surface area (TPSA) is 114 Å². The number of carbonyl (C=O) groups excluding carboxylic acids is 2. The summed E-state index contributed by atoms with van der Waals surface area (Å²) in [6.07, 6.45) is 0. The fourth-order valence-corrected chi connectivity index (χ4v) is 2.01. The van der Waals surface area contributed by atoms with Gasteiger partial charge in [-0.15, -0.1) is 0 Å². The van der Waals surface area contributed by atoms with Gasteiger partial charge < -0.3 is 21.7 Å². The zero-order valence-electron chi connectivity index (χ0n) is 10.1. The molecule has 7 nitrogen and oxygen atoms in total. The zero-order valence-corrected chi connectivity index (χ0v) is 11.6. The number of nitrogens with zero attached hydrogens (tertiary/aromatic N) is 2. The zero-order chi connectivity index (χ0) is 14.6. The Balaban J connectivity index is 3.20.